The van der Waals surface area contributed by atoms with Gasteiger partial charge in [-0.15, -0.1) is 9.78 Å². The second kappa shape index (κ2) is 10.2. The molecule has 0 bridgehead atoms. The molecule has 5 aromatic rings. The molecule has 0 amide bonds. The van der Waals surface area contributed by atoms with E-state index in [1.807, 2.05) is 84.5 Å². The van der Waals surface area contributed by atoms with Crippen molar-refractivity contribution in [1.29, 1.82) is 0 Å². The first-order valence-electron chi connectivity index (χ1n) is 12.9. The van der Waals surface area contributed by atoms with E-state index in [1.54, 1.807) is 6.92 Å². The van der Waals surface area contributed by atoms with E-state index >= 15 is 0 Å². The Labute approximate surface area is 221 Å². The Morgan fingerprint density at radius 1 is 1.03 bits per heavy atom. The van der Waals surface area contributed by atoms with E-state index in [-0.39, 0.29) is 18.2 Å². The van der Waals surface area contributed by atoms with Crippen LogP contribution in [0.15, 0.2) is 77.7 Å². The molecule has 0 saturated heterocycles. The third-order valence-corrected chi connectivity index (χ3v) is 6.91. The summed E-state index contributed by atoms with van der Waals surface area (Å²) >= 11 is 0. The molecule has 7 heteroatoms. The molecule has 0 N–H and O–H groups in total. The van der Waals surface area contributed by atoms with E-state index < -0.39 is 5.69 Å². The maximum atomic E-state index is 13.7. The standard InChI is InChI=1S/C31H32N4O3/c1-6-29(36)35-31(37)34(24-12-13-27-23(17-24)14-15-33(27)5)30(32-35)26-18-25(20(2)3)21(4)16-28(26)38-19-22-10-8-7-9-11-22/h7-18,20H,6,19H2,1-5H3. The van der Waals surface area contributed by atoms with Crippen molar-refractivity contribution in [2.24, 2.45) is 7.05 Å². The normalized spacial score (nSPS) is 11.4. The lowest BCUT2D eigenvalue weighted by atomic mass is 9.95. The number of aryl methyl sites for hydroxylation is 2. The second-order valence-corrected chi connectivity index (χ2v) is 9.90. The van der Waals surface area contributed by atoms with Gasteiger partial charge in [0.25, 0.3) is 5.91 Å². The third kappa shape index (κ3) is 4.56. The molecule has 0 aliphatic heterocycles. The van der Waals surface area contributed by atoms with E-state index in [9.17, 15) is 9.59 Å². The van der Waals surface area contributed by atoms with Crippen molar-refractivity contribution >= 4 is 16.8 Å². The van der Waals surface area contributed by atoms with Crippen LogP contribution < -0.4 is 10.4 Å². The van der Waals surface area contributed by atoms with Crippen LogP contribution in [0.3, 0.4) is 0 Å². The fourth-order valence-corrected chi connectivity index (χ4v) is 4.84. The molecule has 0 aliphatic rings. The minimum absolute atomic E-state index is 0.163. The van der Waals surface area contributed by atoms with Gasteiger partial charge in [-0.3, -0.25) is 4.79 Å². The summed E-state index contributed by atoms with van der Waals surface area (Å²) in [6.07, 6.45) is 2.14. The van der Waals surface area contributed by atoms with Gasteiger partial charge < -0.3 is 9.30 Å². The molecule has 0 fully saturated rings. The van der Waals surface area contributed by atoms with Crippen LogP contribution in [0.2, 0.25) is 0 Å². The Morgan fingerprint density at radius 3 is 2.50 bits per heavy atom. The molecule has 0 saturated carbocycles. The number of hydrogen-bond donors (Lipinski definition) is 0. The monoisotopic (exact) mass is 508 g/mol. The van der Waals surface area contributed by atoms with Crippen LogP contribution in [-0.2, 0) is 13.7 Å². The van der Waals surface area contributed by atoms with E-state index in [0.29, 0.717) is 29.4 Å². The average Bonchev–Trinajstić information content (AvgIpc) is 3.46. The summed E-state index contributed by atoms with van der Waals surface area (Å²) < 4.78 is 10.9. The predicted octanol–water partition coefficient (Wildman–Crippen LogP) is 6.25. The summed E-state index contributed by atoms with van der Waals surface area (Å²) in [5, 5.41) is 5.58. The largest absolute Gasteiger partial charge is 0.488 e. The van der Waals surface area contributed by atoms with Gasteiger partial charge in [-0.25, -0.2) is 9.36 Å². The number of hydrogen-bond acceptors (Lipinski definition) is 4. The number of aromatic nitrogens is 4. The van der Waals surface area contributed by atoms with Crippen molar-refractivity contribution in [3.8, 4) is 22.8 Å². The number of nitrogens with zero attached hydrogens (tertiary/aromatic N) is 4. The van der Waals surface area contributed by atoms with Crippen LogP contribution in [0.1, 0.15) is 54.6 Å². The van der Waals surface area contributed by atoms with E-state index in [1.165, 1.54) is 4.57 Å². The van der Waals surface area contributed by atoms with Gasteiger partial charge in [0.2, 0.25) is 0 Å². The zero-order valence-corrected chi connectivity index (χ0v) is 22.4. The average molecular weight is 509 g/mol. The summed E-state index contributed by atoms with van der Waals surface area (Å²) in [5.74, 6) is 0.867. The van der Waals surface area contributed by atoms with Crippen LogP contribution in [0.25, 0.3) is 28.0 Å². The summed E-state index contributed by atoms with van der Waals surface area (Å²) in [6.45, 7) is 8.41. The van der Waals surface area contributed by atoms with Gasteiger partial charge in [0.1, 0.15) is 12.4 Å². The molecule has 0 atom stereocenters. The van der Waals surface area contributed by atoms with Gasteiger partial charge in [0, 0.05) is 30.6 Å². The third-order valence-electron chi connectivity index (χ3n) is 6.91. The fraction of sp³-hybridized carbons (Fsp3) is 0.258. The Morgan fingerprint density at radius 2 is 1.79 bits per heavy atom. The molecule has 0 unspecified atom stereocenters. The van der Waals surface area contributed by atoms with Crippen molar-refractivity contribution in [3.05, 3.63) is 100 Å². The molecule has 38 heavy (non-hydrogen) atoms. The topological polar surface area (TPSA) is 71.1 Å². The van der Waals surface area contributed by atoms with E-state index in [4.69, 9.17) is 4.74 Å². The van der Waals surface area contributed by atoms with Gasteiger partial charge in [0.15, 0.2) is 5.82 Å². The highest BCUT2D eigenvalue weighted by atomic mass is 16.5. The van der Waals surface area contributed by atoms with Crippen molar-refractivity contribution in [2.75, 3.05) is 0 Å². The van der Waals surface area contributed by atoms with E-state index in [0.717, 1.165) is 32.3 Å². The zero-order valence-electron chi connectivity index (χ0n) is 22.4. The molecule has 2 aromatic heterocycles. The second-order valence-electron chi connectivity index (χ2n) is 9.90. The van der Waals surface area contributed by atoms with Gasteiger partial charge >= 0.3 is 5.69 Å². The molecule has 2 heterocycles. The Balaban J connectivity index is 1.74. The summed E-state index contributed by atoms with van der Waals surface area (Å²) in [5.41, 5.74) is 5.11. The molecular weight excluding hydrogens is 476 g/mol. The van der Waals surface area contributed by atoms with Gasteiger partial charge in [-0.1, -0.05) is 51.1 Å². The van der Waals surface area contributed by atoms with Crippen molar-refractivity contribution < 1.29 is 9.53 Å². The smallest absolute Gasteiger partial charge is 0.358 e. The van der Waals surface area contributed by atoms with Crippen LogP contribution in [-0.4, -0.2) is 24.8 Å². The van der Waals surface area contributed by atoms with E-state index in [2.05, 4.69) is 25.9 Å². The SMILES string of the molecule is CCC(=O)n1nc(-c2cc(C(C)C)c(C)cc2OCc2ccccc2)n(-c2ccc3c(ccn3C)c2)c1=O. The highest BCUT2D eigenvalue weighted by Crippen LogP contribution is 2.36. The summed E-state index contributed by atoms with van der Waals surface area (Å²) in [4.78, 5) is 26.4. The minimum Gasteiger partial charge on any atom is -0.488 e. The molecular formula is C31H32N4O3. The quantitative estimate of drug-likeness (QED) is 0.260. The van der Waals surface area contributed by atoms with Crippen LogP contribution in [0.5, 0.6) is 5.75 Å². The Bertz CT molecular complexity index is 1690. The van der Waals surface area contributed by atoms with Crippen LogP contribution in [0, 0.1) is 6.92 Å². The number of fused-ring (bicyclic) bond motifs is 1. The fourth-order valence-electron chi connectivity index (χ4n) is 4.84. The summed E-state index contributed by atoms with van der Waals surface area (Å²) in [7, 11) is 1.98. The minimum atomic E-state index is -0.497. The number of ether oxygens (including phenoxy) is 1. The first-order chi connectivity index (χ1) is 18.3. The number of carbonyl (C=O) groups is 1. The first-order valence-corrected chi connectivity index (χ1v) is 12.9. The zero-order chi connectivity index (χ0) is 27.0. The molecule has 194 valence electrons. The predicted molar refractivity (Wildman–Crippen MR) is 150 cm³/mol. The molecule has 5 rings (SSSR count). The van der Waals surface area contributed by atoms with Gasteiger partial charge in [-0.05, 0) is 65.9 Å². The Kier molecular flexibility index (Phi) is 6.76. The molecule has 0 aliphatic carbocycles. The maximum Gasteiger partial charge on any atom is 0.358 e. The molecule has 7 nitrogen and oxygen atoms in total. The Hall–Kier alpha value is -4.39. The summed E-state index contributed by atoms with van der Waals surface area (Å²) in [6, 6.07) is 21.8. The van der Waals surface area contributed by atoms with Gasteiger partial charge in [0.05, 0.1) is 11.3 Å². The molecule has 0 radical (unpaired) electrons. The molecule has 0 spiro atoms. The maximum absolute atomic E-state index is 13.7. The number of benzene rings is 3. The van der Waals surface area contributed by atoms with Crippen LogP contribution >= 0.6 is 0 Å². The van der Waals surface area contributed by atoms with Crippen molar-refractivity contribution in [3.63, 3.8) is 0 Å². The lowest BCUT2D eigenvalue weighted by Crippen LogP contribution is -2.28. The van der Waals surface area contributed by atoms with Crippen LogP contribution in [0.4, 0.5) is 0 Å². The molecule has 3 aromatic carbocycles. The number of rotatable bonds is 7. The number of carbonyl (C=O) groups excluding carboxylic acids is 1. The highest BCUT2D eigenvalue weighted by molar-refractivity contribution is 5.83. The van der Waals surface area contributed by atoms with Crippen molar-refractivity contribution in [1.82, 2.24) is 18.9 Å². The van der Waals surface area contributed by atoms with Crippen molar-refractivity contribution in [2.45, 2.75) is 46.6 Å². The lowest BCUT2D eigenvalue weighted by Gasteiger charge is -2.17. The lowest BCUT2D eigenvalue weighted by molar-refractivity contribution is 0.0888. The first kappa shape index (κ1) is 25.3. The highest BCUT2D eigenvalue weighted by Gasteiger charge is 2.24. The van der Waals surface area contributed by atoms with Gasteiger partial charge in [-0.2, -0.15) is 0 Å².